The van der Waals surface area contributed by atoms with Crippen LogP contribution >= 0.6 is 0 Å². The van der Waals surface area contributed by atoms with E-state index in [1.807, 2.05) is 0 Å². The number of hydrogen-bond donors (Lipinski definition) is 1. The fraction of sp³-hybridized carbons (Fsp3) is 0.629. The van der Waals surface area contributed by atoms with Gasteiger partial charge in [-0.15, -0.1) is 0 Å². The van der Waals surface area contributed by atoms with E-state index in [1.165, 1.54) is 22.4 Å². The van der Waals surface area contributed by atoms with Gasteiger partial charge in [-0.1, -0.05) is 98.7 Å². The molecule has 2 aliphatic rings. The molecular formula is C35H53NO2Si. The molecular weight excluding hydrogens is 494 g/mol. The van der Waals surface area contributed by atoms with Gasteiger partial charge in [0.1, 0.15) is 6.10 Å². The Kier molecular flexibility index (Phi) is 8.45. The highest BCUT2D eigenvalue weighted by molar-refractivity contribution is 6.74. The number of aliphatic hydroxyl groups is 1. The van der Waals surface area contributed by atoms with Crippen molar-refractivity contribution < 1.29 is 9.53 Å². The Morgan fingerprint density at radius 3 is 2.10 bits per heavy atom. The molecule has 2 unspecified atom stereocenters. The molecule has 1 heterocycles. The number of benzene rings is 1. The first-order valence-electron chi connectivity index (χ1n) is 15.2. The Bertz CT molecular complexity index is 1200. The van der Waals surface area contributed by atoms with Gasteiger partial charge in [-0.25, -0.2) is 0 Å². The Morgan fingerprint density at radius 1 is 0.974 bits per heavy atom. The van der Waals surface area contributed by atoms with E-state index >= 15 is 0 Å². The quantitative estimate of drug-likeness (QED) is 0.277. The molecule has 1 aromatic heterocycles. The zero-order chi connectivity index (χ0) is 28.9. The van der Waals surface area contributed by atoms with Crippen LogP contribution in [0.3, 0.4) is 0 Å². The first-order valence-corrected chi connectivity index (χ1v) is 18.1. The van der Waals surface area contributed by atoms with Crippen molar-refractivity contribution >= 4 is 8.32 Å². The summed E-state index contributed by atoms with van der Waals surface area (Å²) < 4.78 is 7.28. The van der Waals surface area contributed by atoms with Crippen LogP contribution in [0.5, 0.6) is 0 Å². The van der Waals surface area contributed by atoms with Gasteiger partial charge in [-0.2, -0.15) is 0 Å². The van der Waals surface area contributed by atoms with Crippen LogP contribution in [0, 0.1) is 5.41 Å². The van der Waals surface area contributed by atoms with Crippen LogP contribution in [0.15, 0.2) is 36.4 Å². The second-order valence-electron chi connectivity index (χ2n) is 15.1. The maximum absolute atomic E-state index is 12.1. The highest BCUT2D eigenvalue weighted by Crippen LogP contribution is 2.52. The van der Waals surface area contributed by atoms with E-state index in [0.29, 0.717) is 5.92 Å². The zero-order valence-electron chi connectivity index (χ0n) is 26.5. The summed E-state index contributed by atoms with van der Waals surface area (Å²) in [5, 5.41) is 12.3. The largest absolute Gasteiger partial charge is 0.410 e. The molecule has 0 fully saturated rings. The van der Waals surface area contributed by atoms with Gasteiger partial charge in [0.05, 0.1) is 6.10 Å². The minimum absolute atomic E-state index is 0.00313. The lowest BCUT2D eigenvalue weighted by Crippen LogP contribution is -2.44. The van der Waals surface area contributed by atoms with E-state index in [1.54, 1.807) is 0 Å². The molecule has 3 nitrogen and oxygen atoms in total. The Balaban J connectivity index is 1.98. The van der Waals surface area contributed by atoms with E-state index in [9.17, 15) is 5.11 Å². The van der Waals surface area contributed by atoms with Crippen LogP contribution in [0.2, 0.25) is 18.1 Å². The van der Waals surface area contributed by atoms with E-state index < -0.39 is 14.4 Å². The van der Waals surface area contributed by atoms with E-state index in [4.69, 9.17) is 9.41 Å². The first kappa shape index (κ1) is 30.2. The van der Waals surface area contributed by atoms with Crippen molar-refractivity contribution in [1.82, 2.24) is 4.98 Å². The Labute approximate surface area is 239 Å². The number of fused-ring (bicyclic) bond motifs is 1. The van der Waals surface area contributed by atoms with Crippen LogP contribution < -0.4 is 0 Å². The van der Waals surface area contributed by atoms with Crippen LogP contribution in [0.25, 0.3) is 0 Å². The normalized spacial score (nSPS) is 22.0. The van der Waals surface area contributed by atoms with Crippen molar-refractivity contribution in [3.63, 3.8) is 0 Å². The molecule has 0 amide bonds. The summed E-state index contributed by atoms with van der Waals surface area (Å²) in [5.74, 6) is 0.956. The maximum atomic E-state index is 12.1. The zero-order valence-corrected chi connectivity index (χ0v) is 27.5. The van der Waals surface area contributed by atoms with Crippen LogP contribution in [0.1, 0.15) is 151 Å². The molecule has 0 saturated carbocycles. The van der Waals surface area contributed by atoms with Crippen LogP contribution in [0.4, 0.5) is 0 Å². The molecule has 1 aromatic carbocycles. The minimum atomic E-state index is -2.06. The van der Waals surface area contributed by atoms with E-state index in [2.05, 4.69) is 112 Å². The van der Waals surface area contributed by atoms with Gasteiger partial charge >= 0.3 is 0 Å². The lowest BCUT2D eigenvalue weighted by atomic mass is 9.70. The first-order chi connectivity index (χ1) is 18.0. The standard InChI is InChI=1S/C35H53NO2Si/c1-22(2)24-16-18-26(19-17-24)33(37)31-29(25-14-12-13-15-25)30-27(36-32(31)23(3)4)20-35(8,9)21-28(30)38-39(10,11)34(5,6)7/h12,14,16-19,22-23,25,28,33,37H,13,15,20-21H2,1-11H3/t25?,28?,33-/m1/s1. The molecule has 0 radical (unpaired) electrons. The molecule has 0 spiro atoms. The molecule has 2 aliphatic carbocycles. The third-order valence-corrected chi connectivity index (χ3v) is 14.0. The van der Waals surface area contributed by atoms with Gasteiger partial charge in [0.25, 0.3) is 0 Å². The molecule has 3 atom stereocenters. The average Bonchev–Trinajstić information content (AvgIpc) is 3.35. The minimum Gasteiger partial charge on any atom is -0.410 e. The van der Waals surface area contributed by atoms with Gasteiger partial charge in [-0.3, -0.25) is 4.98 Å². The number of nitrogens with zero attached hydrogens (tertiary/aromatic N) is 1. The Hall–Kier alpha value is -1.75. The van der Waals surface area contributed by atoms with Crippen LogP contribution in [-0.4, -0.2) is 18.4 Å². The van der Waals surface area contributed by atoms with E-state index in [0.717, 1.165) is 42.5 Å². The number of rotatable bonds is 7. The maximum Gasteiger partial charge on any atom is 0.192 e. The van der Waals surface area contributed by atoms with Crippen LogP contribution in [-0.2, 0) is 10.8 Å². The van der Waals surface area contributed by atoms with Gasteiger partial charge in [0, 0.05) is 28.4 Å². The van der Waals surface area contributed by atoms with Crippen molar-refractivity contribution in [2.45, 2.75) is 136 Å². The molecule has 4 rings (SSSR count). The topological polar surface area (TPSA) is 42.4 Å². The third kappa shape index (κ3) is 6.13. The predicted molar refractivity (Wildman–Crippen MR) is 167 cm³/mol. The molecule has 0 saturated heterocycles. The van der Waals surface area contributed by atoms with Crippen molar-refractivity contribution in [2.24, 2.45) is 5.41 Å². The summed E-state index contributed by atoms with van der Waals surface area (Å²) in [4.78, 5) is 5.43. The number of aromatic nitrogens is 1. The smallest absolute Gasteiger partial charge is 0.192 e. The number of hydrogen-bond acceptors (Lipinski definition) is 3. The number of aliphatic hydroxyl groups excluding tert-OH is 1. The second kappa shape index (κ2) is 10.9. The third-order valence-electron chi connectivity index (χ3n) is 9.49. The van der Waals surface area contributed by atoms with Crippen molar-refractivity contribution in [3.05, 3.63) is 75.6 Å². The fourth-order valence-corrected chi connectivity index (χ4v) is 7.46. The summed E-state index contributed by atoms with van der Waals surface area (Å²) in [6.45, 7) is 25.3. The predicted octanol–water partition coefficient (Wildman–Crippen LogP) is 9.88. The summed E-state index contributed by atoms with van der Waals surface area (Å²) >= 11 is 0. The molecule has 0 bridgehead atoms. The molecule has 1 N–H and O–H groups in total. The molecule has 0 aliphatic heterocycles. The van der Waals surface area contributed by atoms with Crippen molar-refractivity contribution in [1.29, 1.82) is 0 Å². The van der Waals surface area contributed by atoms with Gasteiger partial charge < -0.3 is 9.53 Å². The highest BCUT2D eigenvalue weighted by atomic mass is 28.4. The average molecular weight is 548 g/mol. The van der Waals surface area contributed by atoms with E-state index in [-0.39, 0.29) is 28.4 Å². The fourth-order valence-electron chi connectivity index (χ4n) is 6.19. The van der Waals surface area contributed by atoms with Gasteiger partial charge in [0.15, 0.2) is 8.32 Å². The SMILES string of the molecule is CC(C)c1ccc([C@@H](O)c2c(C(C)C)nc3c(c2C2C=CCC2)C(O[Si](C)(C)C(C)(C)C)CC(C)(C)C3)cc1. The summed E-state index contributed by atoms with van der Waals surface area (Å²) in [6, 6.07) is 8.57. The summed E-state index contributed by atoms with van der Waals surface area (Å²) in [6.07, 6.45) is 8.06. The second-order valence-corrected chi connectivity index (χ2v) is 19.8. The number of allylic oxidation sites excluding steroid dienone is 2. The molecule has 39 heavy (non-hydrogen) atoms. The lowest BCUT2D eigenvalue weighted by Gasteiger charge is -2.45. The number of pyridine rings is 1. The summed E-state index contributed by atoms with van der Waals surface area (Å²) in [7, 11) is -2.06. The molecule has 2 aromatic rings. The lowest BCUT2D eigenvalue weighted by molar-refractivity contribution is 0.104. The molecule has 4 heteroatoms. The summed E-state index contributed by atoms with van der Waals surface area (Å²) in [5.41, 5.74) is 8.21. The van der Waals surface area contributed by atoms with Gasteiger partial charge in [0.2, 0.25) is 0 Å². The Morgan fingerprint density at radius 2 is 1.59 bits per heavy atom. The monoisotopic (exact) mass is 547 g/mol. The van der Waals surface area contributed by atoms with Crippen molar-refractivity contribution in [2.75, 3.05) is 0 Å². The highest BCUT2D eigenvalue weighted by Gasteiger charge is 2.45. The molecule has 214 valence electrons. The van der Waals surface area contributed by atoms with Crippen molar-refractivity contribution in [3.8, 4) is 0 Å². The van der Waals surface area contributed by atoms with Gasteiger partial charge in [-0.05, 0) is 77.8 Å².